The zero-order valence-electron chi connectivity index (χ0n) is 9.76. The molecule has 0 saturated heterocycles. The standard InChI is InChI=1S/C14H10F3NO/c15-14(16,17)12-7-4-8-13(9-12)19-18-10-11-5-2-1-3-6-11/h1-10H/b18-10+. The summed E-state index contributed by atoms with van der Waals surface area (Å²) in [5.74, 6) is 0.0435. The van der Waals surface area contributed by atoms with Gasteiger partial charge in [0.05, 0.1) is 11.8 Å². The van der Waals surface area contributed by atoms with Crippen LogP contribution in [0.4, 0.5) is 13.2 Å². The SMILES string of the molecule is FC(F)(F)c1cccc(O/N=C/c2ccccc2)c1. The predicted molar refractivity (Wildman–Crippen MR) is 66.1 cm³/mol. The van der Waals surface area contributed by atoms with Gasteiger partial charge in [-0.05, 0) is 23.8 Å². The molecule has 0 saturated carbocycles. The smallest absolute Gasteiger partial charge is 0.357 e. The third kappa shape index (κ3) is 3.84. The first-order valence-corrected chi connectivity index (χ1v) is 5.48. The first kappa shape index (κ1) is 13.1. The second-order valence-electron chi connectivity index (χ2n) is 3.76. The first-order valence-electron chi connectivity index (χ1n) is 5.48. The van der Waals surface area contributed by atoms with Crippen molar-refractivity contribution in [2.45, 2.75) is 6.18 Å². The minimum absolute atomic E-state index is 0.0435. The predicted octanol–water partition coefficient (Wildman–Crippen LogP) is 4.12. The normalized spacial score (nSPS) is 11.7. The van der Waals surface area contributed by atoms with Gasteiger partial charge >= 0.3 is 6.18 Å². The Labute approximate surface area is 108 Å². The highest BCUT2D eigenvalue weighted by Crippen LogP contribution is 2.31. The zero-order valence-corrected chi connectivity index (χ0v) is 9.76. The Kier molecular flexibility index (Phi) is 3.85. The Bertz CT molecular complexity index is 564. The van der Waals surface area contributed by atoms with Gasteiger partial charge in [-0.25, -0.2) is 0 Å². The number of halogens is 3. The number of hydrogen-bond acceptors (Lipinski definition) is 2. The Morgan fingerprint density at radius 3 is 2.37 bits per heavy atom. The molecule has 0 spiro atoms. The van der Waals surface area contributed by atoms with Gasteiger partial charge in [-0.1, -0.05) is 41.6 Å². The number of oxime groups is 1. The first-order chi connectivity index (χ1) is 9.05. The molecular weight excluding hydrogens is 255 g/mol. The molecule has 2 nitrogen and oxygen atoms in total. The molecule has 0 bridgehead atoms. The molecule has 0 aliphatic rings. The molecule has 0 amide bonds. The van der Waals surface area contributed by atoms with Gasteiger partial charge in [0.25, 0.3) is 0 Å². The summed E-state index contributed by atoms with van der Waals surface area (Å²) in [5, 5.41) is 3.64. The summed E-state index contributed by atoms with van der Waals surface area (Å²) < 4.78 is 37.4. The van der Waals surface area contributed by atoms with Crippen LogP contribution in [0, 0.1) is 0 Å². The van der Waals surface area contributed by atoms with Crippen LogP contribution in [0.15, 0.2) is 59.8 Å². The molecule has 19 heavy (non-hydrogen) atoms. The number of nitrogens with zero attached hydrogens (tertiary/aromatic N) is 1. The fraction of sp³-hybridized carbons (Fsp3) is 0.0714. The molecule has 0 unspecified atom stereocenters. The van der Waals surface area contributed by atoms with Gasteiger partial charge in [0, 0.05) is 0 Å². The molecule has 5 heteroatoms. The Morgan fingerprint density at radius 1 is 0.947 bits per heavy atom. The fourth-order valence-corrected chi connectivity index (χ4v) is 1.42. The van der Waals surface area contributed by atoms with E-state index >= 15 is 0 Å². The van der Waals surface area contributed by atoms with Crippen LogP contribution < -0.4 is 4.84 Å². The quantitative estimate of drug-likeness (QED) is 0.604. The van der Waals surface area contributed by atoms with E-state index in [4.69, 9.17) is 4.84 Å². The molecule has 98 valence electrons. The third-order valence-corrected chi connectivity index (χ3v) is 2.32. The van der Waals surface area contributed by atoms with E-state index in [1.165, 1.54) is 18.3 Å². The molecule has 0 fully saturated rings. The Balaban J connectivity index is 2.06. The average molecular weight is 265 g/mol. The van der Waals surface area contributed by atoms with Crippen molar-refractivity contribution in [1.82, 2.24) is 0 Å². The van der Waals surface area contributed by atoms with Crippen molar-refractivity contribution in [1.29, 1.82) is 0 Å². The van der Waals surface area contributed by atoms with E-state index in [2.05, 4.69) is 5.16 Å². The second kappa shape index (κ2) is 5.56. The van der Waals surface area contributed by atoms with E-state index in [0.717, 1.165) is 17.7 Å². The average Bonchev–Trinajstić information content (AvgIpc) is 2.39. The third-order valence-electron chi connectivity index (χ3n) is 2.32. The van der Waals surface area contributed by atoms with Gasteiger partial charge in [0.15, 0.2) is 5.75 Å². The minimum Gasteiger partial charge on any atom is -0.357 e. The van der Waals surface area contributed by atoms with Gasteiger partial charge in [-0.3, -0.25) is 0 Å². The molecule has 2 aromatic rings. The lowest BCUT2D eigenvalue weighted by atomic mass is 10.2. The van der Waals surface area contributed by atoms with Crippen molar-refractivity contribution >= 4 is 6.21 Å². The maximum Gasteiger partial charge on any atom is 0.416 e. The topological polar surface area (TPSA) is 21.6 Å². The number of hydrogen-bond donors (Lipinski definition) is 0. The van der Waals surface area contributed by atoms with Crippen LogP contribution in [0.1, 0.15) is 11.1 Å². The molecule has 0 aliphatic carbocycles. The summed E-state index contributed by atoms with van der Waals surface area (Å²) in [6.07, 6.45) is -2.96. The lowest BCUT2D eigenvalue weighted by Crippen LogP contribution is -2.04. The Morgan fingerprint density at radius 2 is 1.68 bits per heavy atom. The van der Waals surface area contributed by atoms with E-state index in [1.54, 1.807) is 12.1 Å². The van der Waals surface area contributed by atoms with Crippen molar-refractivity contribution in [2.24, 2.45) is 5.16 Å². The van der Waals surface area contributed by atoms with Crippen LogP contribution in [0.2, 0.25) is 0 Å². The van der Waals surface area contributed by atoms with Crippen molar-refractivity contribution in [3.05, 3.63) is 65.7 Å². The van der Waals surface area contributed by atoms with Gasteiger partial charge in [-0.2, -0.15) is 13.2 Å². The number of rotatable bonds is 3. The van der Waals surface area contributed by atoms with Crippen LogP contribution in [-0.4, -0.2) is 6.21 Å². The van der Waals surface area contributed by atoms with Crippen molar-refractivity contribution in [2.75, 3.05) is 0 Å². The van der Waals surface area contributed by atoms with Gasteiger partial charge in [0.1, 0.15) is 0 Å². The van der Waals surface area contributed by atoms with Gasteiger partial charge in [0.2, 0.25) is 0 Å². The molecule has 0 aliphatic heterocycles. The van der Waals surface area contributed by atoms with Gasteiger partial charge < -0.3 is 4.84 Å². The summed E-state index contributed by atoms with van der Waals surface area (Å²) in [6, 6.07) is 13.7. The summed E-state index contributed by atoms with van der Waals surface area (Å²) in [7, 11) is 0. The van der Waals surface area contributed by atoms with E-state index in [0.29, 0.717) is 0 Å². The highest BCUT2D eigenvalue weighted by Gasteiger charge is 2.30. The summed E-state index contributed by atoms with van der Waals surface area (Å²) in [4.78, 5) is 4.92. The van der Waals surface area contributed by atoms with Crippen molar-refractivity contribution in [3.8, 4) is 5.75 Å². The number of alkyl halides is 3. The van der Waals surface area contributed by atoms with E-state index in [9.17, 15) is 13.2 Å². The molecule has 0 atom stereocenters. The van der Waals surface area contributed by atoms with E-state index < -0.39 is 11.7 Å². The summed E-state index contributed by atoms with van der Waals surface area (Å²) in [5.41, 5.74) is 0.0365. The zero-order chi connectivity index (χ0) is 13.7. The molecule has 0 radical (unpaired) electrons. The molecule has 0 N–H and O–H groups in total. The van der Waals surface area contributed by atoms with E-state index in [-0.39, 0.29) is 5.75 Å². The molecule has 2 aromatic carbocycles. The van der Waals surface area contributed by atoms with Crippen molar-refractivity contribution in [3.63, 3.8) is 0 Å². The molecule has 0 aromatic heterocycles. The maximum atomic E-state index is 12.5. The lowest BCUT2D eigenvalue weighted by Gasteiger charge is -2.06. The Hall–Kier alpha value is -2.30. The molecular formula is C14H10F3NO. The highest BCUT2D eigenvalue weighted by atomic mass is 19.4. The summed E-state index contributed by atoms with van der Waals surface area (Å²) in [6.45, 7) is 0. The molecule has 2 rings (SSSR count). The van der Waals surface area contributed by atoms with Crippen LogP contribution >= 0.6 is 0 Å². The lowest BCUT2D eigenvalue weighted by molar-refractivity contribution is -0.137. The second-order valence-corrected chi connectivity index (χ2v) is 3.76. The monoisotopic (exact) mass is 265 g/mol. The van der Waals surface area contributed by atoms with Crippen molar-refractivity contribution < 1.29 is 18.0 Å². The van der Waals surface area contributed by atoms with Crippen LogP contribution in [0.3, 0.4) is 0 Å². The van der Waals surface area contributed by atoms with E-state index in [1.807, 2.05) is 18.2 Å². The van der Waals surface area contributed by atoms with Crippen LogP contribution in [-0.2, 0) is 6.18 Å². The largest absolute Gasteiger partial charge is 0.416 e. The summed E-state index contributed by atoms with van der Waals surface area (Å²) >= 11 is 0. The number of benzene rings is 2. The highest BCUT2D eigenvalue weighted by molar-refractivity contribution is 5.78. The van der Waals surface area contributed by atoms with Crippen LogP contribution in [0.5, 0.6) is 5.75 Å². The fourth-order valence-electron chi connectivity index (χ4n) is 1.42. The minimum atomic E-state index is -4.39. The van der Waals surface area contributed by atoms with Gasteiger partial charge in [-0.15, -0.1) is 0 Å². The van der Waals surface area contributed by atoms with Crippen LogP contribution in [0.25, 0.3) is 0 Å². The molecule has 0 heterocycles. The maximum absolute atomic E-state index is 12.5.